The first kappa shape index (κ1) is 21.1. The highest BCUT2D eigenvalue weighted by molar-refractivity contribution is 7.89. The Hall–Kier alpha value is -1.93. The molecule has 0 bridgehead atoms. The zero-order valence-electron chi connectivity index (χ0n) is 15.3. The lowest BCUT2D eigenvalue weighted by Gasteiger charge is -2.15. The predicted molar refractivity (Wildman–Crippen MR) is 98.0 cm³/mol. The molecule has 2 amide bonds. The molecule has 0 saturated heterocycles. The van der Waals surface area contributed by atoms with E-state index in [0.29, 0.717) is 25.1 Å². The second-order valence-corrected chi connectivity index (χ2v) is 8.35. The van der Waals surface area contributed by atoms with Gasteiger partial charge in [0, 0.05) is 25.7 Å². The summed E-state index contributed by atoms with van der Waals surface area (Å²) in [6, 6.07) is 5.51. The van der Waals surface area contributed by atoms with Gasteiger partial charge in [-0.1, -0.05) is 17.2 Å². The number of benzene rings is 1. The number of nitrogens with one attached hydrogen (secondary N) is 2. The molecular weight excluding hydrogens is 342 g/mol. The molecule has 0 fully saturated rings. The molecule has 0 radical (unpaired) electrons. The lowest BCUT2D eigenvalue weighted by Crippen LogP contribution is -2.38. The number of hydrogen-bond acceptors (Lipinski definition) is 4. The van der Waals surface area contributed by atoms with E-state index in [9.17, 15) is 18.0 Å². The SMILES string of the molecule is CCS(=O)(=O)N(C)CCCNC(=O)CNC(=O)c1cc(C)cc(C)c1. The summed E-state index contributed by atoms with van der Waals surface area (Å²) in [5, 5.41) is 5.24. The fraction of sp³-hybridized carbons (Fsp3) is 0.529. The molecule has 0 aromatic heterocycles. The maximum atomic E-state index is 12.1. The number of amides is 2. The van der Waals surface area contributed by atoms with Crippen LogP contribution in [0.2, 0.25) is 0 Å². The molecule has 0 aliphatic carbocycles. The predicted octanol–water partition coefficient (Wildman–Crippen LogP) is 0.821. The molecule has 140 valence electrons. The molecule has 0 aliphatic heterocycles. The Bertz CT molecular complexity index is 696. The molecule has 0 unspecified atom stereocenters. The number of hydrogen-bond donors (Lipinski definition) is 2. The largest absolute Gasteiger partial charge is 0.355 e. The van der Waals surface area contributed by atoms with Gasteiger partial charge in [-0.3, -0.25) is 9.59 Å². The minimum absolute atomic E-state index is 0.0559. The molecule has 1 rings (SSSR count). The first-order valence-electron chi connectivity index (χ1n) is 8.23. The van der Waals surface area contributed by atoms with Crippen molar-refractivity contribution in [3.63, 3.8) is 0 Å². The number of carbonyl (C=O) groups excluding carboxylic acids is 2. The van der Waals surface area contributed by atoms with Crippen LogP contribution in [0.5, 0.6) is 0 Å². The Balaban J connectivity index is 2.32. The number of carbonyl (C=O) groups is 2. The topological polar surface area (TPSA) is 95.6 Å². The van der Waals surface area contributed by atoms with Crippen LogP contribution < -0.4 is 10.6 Å². The number of rotatable bonds is 9. The summed E-state index contributed by atoms with van der Waals surface area (Å²) < 4.78 is 24.4. The van der Waals surface area contributed by atoms with Crippen molar-refractivity contribution < 1.29 is 18.0 Å². The van der Waals surface area contributed by atoms with Crippen molar-refractivity contribution in [1.29, 1.82) is 0 Å². The second-order valence-electron chi connectivity index (χ2n) is 5.98. The summed E-state index contributed by atoms with van der Waals surface area (Å²) in [5.74, 6) is -0.546. The third-order valence-corrected chi connectivity index (χ3v) is 5.57. The maximum absolute atomic E-state index is 12.1. The van der Waals surface area contributed by atoms with Crippen LogP contribution in [0.15, 0.2) is 18.2 Å². The number of aryl methyl sites for hydroxylation is 2. The summed E-state index contributed by atoms with van der Waals surface area (Å²) in [4.78, 5) is 23.8. The van der Waals surface area contributed by atoms with Crippen LogP contribution in [-0.2, 0) is 14.8 Å². The quantitative estimate of drug-likeness (QED) is 0.630. The van der Waals surface area contributed by atoms with E-state index in [1.54, 1.807) is 19.1 Å². The maximum Gasteiger partial charge on any atom is 0.251 e. The van der Waals surface area contributed by atoms with Gasteiger partial charge in [0.2, 0.25) is 15.9 Å². The average Bonchev–Trinajstić information content (AvgIpc) is 2.55. The zero-order chi connectivity index (χ0) is 19.0. The van der Waals surface area contributed by atoms with Crippen molar-refractivity contribution in [2.45, 2.75) is 27.2 Å². The Kier molecular flexibility index (Phi) is 8.05. The number of nitrogens with zero attached hydrogens (tertiary/aromatic N) is 1. The smallest absolute Gasteiger partial charge is 0.251 e. The molecule has 0 spiro atoms. The molecule has 0 aliphatic rings. The monoisotopic (exact) mass is 369 g/mol. The third-order valence-electron chi connectivity index (χ3n) is 3.71. The van der Waals surface area contributed by atoms with Crippen LogP contribution in [0.3, 0.4) is 0 Å². The highest BCUT2D eigenvalue weighted by Crippen LogP contribution is 2.08. The standard InChI is InChI=1S/C17H27N3O4S/c1-5-25(23,24)20(4)8-6-7-18-16(21)12-19-17(22)15-10-13(2)9-14(3)11-15/h9-11H,5-8,12H2,1-4H3,(H,18,21)(H,19,22). The van der Waals surface area contributed by atoms with Crippen molar-refractivity contribution >= 4 is 21.8 Å². The van der Waals surface area contributed by atoms with E-state index >= 15 is 0 Å². The summed E-state index contributed by atoms with van der Waals surface area (Å²) in [5.41, 5.74) is 2.50. The van der Waals surface area contributed by atoms with E-state index in [1.165, 1.54) is 11.4 Å². The van der Waals surface area contributed by atoms with Gasteiger partial charge in [0.05, 0.1) is 12.3 Å². The molecule has 7 nitrogen and oxygen atoms in total. The molecule has 2 N–H and O–H groups in total. The second kappa shape index (κ2) is 9.53. The van der Waals surface area contributed by atoms with Crippen LogP contribution in [0.25, 0.3) is 0 Å². The van der Waals surface area contributed by atoms with E-state index in [0.717, 1.165) is 11.1 Å². The Morgan fingerprint density at radius 3 is 2.24 bits per heavy atom. The third kappa shape index (κ3) is 7.23. The van der Waals surface area contributed by atoms with Gasteiger partial charge in [0.15, 0.2) is 0 Å². The minimum Gasteiger partial charge on any atom is -0.355 e. The molecular formula is C17H27N3O4S. The normalized spacial score (nSPS) is 11.4. The van der Waals surface area contributed by atoms with Crippen molar-refractivity contribution in [2.24, 2.45) is 0 Å². The van der Waals surface area contributed by atoms with Gasteiger partial charge in [-0.15, -0.1) is 0 Å². The lowest BCUT2D eigenvalue weighted by atomic mass is 10.1. The first-order valence-corrected chi connectivity index (χ1v) is 9.84. The van der Waals surface area contributed by atoms with E-state index in [4.69, 9.17) is 0 Å². The molecule has 25 heavy (non-hydrogen) atoms. The molecule has 0 atom stereocenters. The van der Waals surface area contributed by atoms with Crippen LogP contribution in [0.4, 0.5) is 0 Å². The van der Waals surface area contributed by atoms with Gasteiger partial charge >= 0.3 is 0 Å². The first-order chi connectivity index (χ1) is 11.7. The van der Waals surface area contributed by atoms with Gasteiger partial charge in [-0.05, 0) is 39.3 Å². The molecule has 1 aromatic carbocycles. The summed E-state index contributed by atoms with van der Waals surface area (Å²) in [6.07, 6.45) is 0.506. The molecule has 0 saturated carbocycles. The van der Waals surface area contributed by atoms with Crippen LogP contribution in [0, 0.1) is 13.8 Å². The van der Waals surface area contributed by atoms with Crippen LogP contribution in [-0.4, -0.2) is 57.0 Å². The molecule has 1 aromatic rings. The Morgan fingerprint density at radius 1 is 1.08 bits per heavy atom. The van der Waals surface area contributed by atoms with Crippen LogP contribution in [0.1, 0.15) is 34.8 Å². The van der Waals surface area contributed by atoms with E-state index < -0.39 is 10.0 Å². The molecule has 8 heteroatoms. The van der Waals surface area contributed by atoms with Gasteiger partial charge in [0.25, 0.3) is 5.91 Å². The van der Waals surface area contributed by atoms with Crippen LogP contribution >= 0.6 is 0 Å². The number of sulfonamides is 1. The van der Waals surface area contributed by atoms with Gasteiger partial charge < -0.3 is 10.6 Å². The van der Waals surface area contributed by atoms with E-state index in [1.807, 2.05) is 19.9 Å². The highest BCUT2D eigenvalue weighted by Gasteiger charge is 2.14. The van der Waals surface area contributed by atoms with Gasteiger partial charge in [0.1, 0.15) is 0 Å². The summed E-state index contributed by atoms with van der Waals surface area (Å²) >= 11 is 0. The summed E-state index contributed by atoms with van der Waals surface area (Å²) in [7, 11) is -1.68. The van der Waals surface area contributed by atoms with Crippen molar-refractivity contribution in [2.75, 3.05) is 32.4 Å². The summed E-state index contributed by atoms with van der Waals surface area (Å²) in [6.45, 7) is 5.98. The van der Waals surface area contributed by atoms with Crippen molar-refractivity contribution in [3.05, 3.63) is 34.9 Å². The molecule has 0 heterocycles. The van der Waals surface area contributed by atoms with E-state index in [2.05, 4.69) is 10.6 Å². The van der Waals surface area contributed by atoms with E-state index in [-0.39, 0.29) is 24.1 Å². The highest BCUT2D eigenvalue weighted by atomic mass is 32.2. The minimum atomic E-state index is -3.19. The van der Waals surface area contributed by atoms with Gasteiger partial charge in [-0.2, -0.15) is 0 Å². The fourth-order valence-electron chi connectivity index (χ4n) is 2.32. The average molecular weight is 369 g/mol. The Morgan fingerprint density at radius 2 is 1.68 bits per heavy atom. The van der Waals surface area contributed by atoms with Crippen molar-refractivity contribution in [3.8, 4) is 0 Å². The Labute approximate surface area is 149 Å². The van der Waals surface area contributed by atoms with Crippen molar-refractivity contribution in [1.82, 2.24) is 14.9 Å². The van der Waals surface area contributed by atoms with Gasteiger partial charge in [-0.25, -0.2) is 12.7 Å². The lowest BCUT2D eigenvalue weighted by molar-refractivity contribution is -0.120. The fourth-order valence-corrected chi connectivity index (χ4v) is 3.17. The zero-order valence-corrected chi connectivity index (χ0v) is 16.1.